The molecule has 2 aromatic rings. The summed E-state index contributed by atoms with van der Waals surface area (Å²) < 4.78 is 0. The molecule has 1 heterocycles. The van der Waals surface area contributed by atoms with Crippen molar-refractivity contribution in [3.8, 4) is 0 Å². The number of hydrogen-bond donors (Lipinski definition) is 3. The lowest BCUT2D eigenvalue weighted by atomic mass is 10.1. The van der Waals surface area contributed by atoms with Gasteiger partial charge >= 0.3 is 0 Å². The molecule has 1 aromatic carbocycles. The maximum absolute atomic E-state index is 12.2. The molecule has 0 atom stereocenters. The third-order valence-corrected chi connectivity index (χ3v) is 4.41. The normalized spacial score (nSPS) is 10.4. The van der Waals surface area contributed by atoms with Gasteiger partial charge in [-0.3, -0.25) is 10.6 Å². The molecule has 1 aromatic heterocycles. The fraction of sp³-hybridized carbons (Fsp3) is 0.214. The Morgan fingerprint density at radius 1 is 1.35 bits per heavy atom. The molecule has 2 rings (SSSR count). The monoisotopic (exact) mass is 309 g/mol. The van der Waals surface area contributed by atoms with Crippen LogP contribution in [0.4, 0.5) is 5.69 Å². The van der Waals surface area contributed by atoms with E-state index in [2.05, 4.69) is 30.7 Å². The van der Waals surface area contributed by atoms with Crippen LogP contribution in [0.1, 0.15) is 25.7 Å². The highest BCUT2D eigenvalue weighted by Crippen LogP contribution is 2.22. The number of halogens is 1. The van der Waals surface area contributed by atoms with Crippen LogP contribution in [0.2, 0.25) is 5.02 Å². The fourth-order valence-corrected chi connectivity index (χ4v) is 2.99. The first-order valence-electron chi connectivity index (χ1n) is 6.11. The zero-order valence-corrected chi connectivity index (χ0v) is 12.9. The van der Waals surface area contributed by atoms with Gasteiger partial charge in [-0.15, -0.1) is 11.3 Å². The predicted molar refractivity (Wildman–Crippen MR) is 84.2 cm³/mol. The van der Waals surface area contributed by atoms with E-state index < -0.39 is 0 Å². The average Bonchev–Trinajstić information content (AvgIpc) is 2.75. The SMILES string of the molecule is Cc1cc(CNC(=O)c2cc(Cl)ccc2NN)sc1C. The van der Waals surface area contributed by atoms with Gasteiger partial charge in [-0.2, -0.15) is 0 Å². The van der Waals surface area contributed by atoms with Gasteiger partial charge in [0, 0.05) is 14.8 Å². The average molecular weight is 310 g/mol. The lowest BCUT2D eigenvalue weighted by molar-refractivity contribution is 0.0952. The highest BCUT2D eigenvalue weighted by molar-refractivity contribution is 7.12. The summed E-state index contributed by atoms with van der Waals surface area (Å²) in [5.74, 6) is 5.19. The first-order valence-corrected chi connectivity index (χ1v) is 7.31. The zero-order valence-electron chi connectivity index (χ0n) is 11.3. The molecule has 20 heavy (non-hydrogen) atoms. The lowest BCUT2D eigenvalue weighted by Crippen LogP contribution is -2.24. The van der Waals surface area contributed by atoms with Crippen LogP contribution in [0.3, 0.4) is 0 Å². The highest BCUT2D eigenvalue weighted by Gasteiger charge is 2.12. The Morgan fingerprint density at radius 2 is 2.10 bits per heavy atom. The second kappa shape index (κ2) is 6.26. The highest BCUT2D eigenvalue weighted by atomic mass is 35.5. The summed E-state index contributed by atoms with van der Waals surface area (Å²) >= 11 is 7.60. The van der Waals surface area contributed by atoms with Crippen LogP contribution in [-0.2, 0) is 6.54 Å². The number of hydrogen-bond acceptors (Lipinski definition) is 4. The molecule has 106 valence electrons. The van der Waals surface area contributed by atoms with E-state index in [0.717, 1.165) is 4.88 Å². The van der Waals surface area contributed by atoms with E-state index in [4.69, 9.17) is 17.4 Å². The second-order valence-electron chi connectivity index (χ2n) is 4.47. The molecule has 0 unspecified atom stereocenters. The molecule has 0 aliphatic heterocycles. The smallest absolute Gasteiger partial charge is 0.253 e. The van der Waals surface area contributed by atoms with Crippen LogP contribution in [0.25, 0.3) is 0 Å². The molecule has 0 radical (unpaired) electrons. The summed E-state index contributed by atoms with van der Waals surface area (Å²) in [4.78, 5) is 14.6. The van der Waals surface area contributed by atoms with Crippen LogP contribution >= 0.6 is 22.9 Å². The number of anilines is 1. The number of nitrogens with two attached hydrogens (primary N) is 1. The Bertz CT molecular complexity index is 620. The van der Waals surface area contributed by atoms with E-state index in [9.17, 15) is 4.79 Å². The number of thiophene rings is 1. The van der Waals surface area contributed by atoms with Gasteiger partial charge in [0.1, 0.15) is 0 Å². The van der Waals surface area contributed by atoms with Crippen molar-refractivity contribution in [3.05, 3.63) is 50.2 Å². The molecule has 6 heteroatoms. The van der Waals surface area contributed by atoms with Gasteiger partial charge in [0.25, 0.3) is 5.91 Å². The predicted octanol–water partition coefficient (Wildman–Crippen LogP) is 3.23. The standard InChI is InChI=1S/C14H16ClN3OS/c1-8-5-11(20-9(8)2)7-17-14(19)12-6-10(15)3-4-13(12)18-16/h3-6,18H,7,16H2,1-2H3,(H,17,19). The number of nitrogens with one attached hydrogen (secondary N) is 2. The first-order chi connectivity index (χ1) is 9.51. The molecule has 0 saturated carbocycles. The summed E-state index contributed by atoms with van der Waals surface area (Å²) in [6.45, 7) is 4.62. The van der Waals surface area contributed by atoms with Gasteiger partial charge in [-0.05, 0) is 43.7 Å². The maximum Gasteiger partial charge on any atom is 0.253 e. The van der Waals surface area contributed by atoms with E-state index in [1.165, 1.54) is 10.4 Å². The van der Waals surface area contributed by atoms with Gasteiger partial charge in [0.15, 0.2) is 0 Å². The van der Waals surface area contributed by atoms with E-state index in [1.54, 1.807) is 29.5 Å². The quantitative estimate of drug-likeness (QED) is 0.600. The van der Waals surface area contributed by atoms with Crippen molar-refractivity contribution in [1.29, 1.82) is 0 Å². The third-order valence-electron chi connectivity index (χ3n) is 3.02. The van der Waals surface area contributed by atoms with Gasteiger partial charge in [-0.25, -0.2) is 0 Å². The van der Waals surface area contributed by atoms with Crippen LogP contribution < -0.4 is 16.6 Å². The second-order valence-corrected chi connectivity index (χ2v) is 6.25. The van der Waals surface area contributed by atoms with E-state index in [1.807, 2.05) is 0 Å². The Hall–Kier alpha value is -1.56. The molecule has 0 saturated heterocycles. The van der Waals surface area contributed by atoms with Gasteiger partial charge in [0.05, 0.1) is 17.8 Å². The van der Waals surface area contributed by atoms with Gasteiger partial charge in [0.2, 0.25) is 0 Å². The molecule has 0 aliphatic carbocycles. The Morgan fingerprint density at radius 3 is 2.70 bits per heavy atom. The minimum Gasteiger partial charge on any atom is -0.347 e. The van der Waals surface area contributed by atoms with Gasteiger partial charge in [-0.1, -0.05) is 11.6 Å². The Balaban J connectivity index is 2.10. The molecule has 1 amide bonds. The third kappa shape index (κ3) is 3.30. The fourth-order valence-electron chi connectivity index (χ4n) is 1.83. The minimum atomic E-state index is -0.204. The Labute approximate surface area is 126 Å². The van der Waals surface area contributed by atoms with E-state index >= 15 is 0 Å². The largest absolute Gasteiger partial charge is 0.347 e. The number of amides is 1. The van der Waals surface area contributed by atoms with Crippen molar-refractivity contribution in [3.63, 3.8) is 0 Å². The van der Waals surface area contributed by atoms with Crippen molar-refractivity contribution in [2.75, 3.05) is 5.43 Å². The summed E-state index contributed by atoms with van der Waals surface area (Å²) in [6, 6.07) is 7.04. The number of nitrogen functional groups attached to an aromatic ring is 1. The van der Waals surface area contributed by atoms with Crippen LogP contribution in [0, 0.1) is 13.8 Å². The van der Waals surface area contributed by atoms with Crippen LogP contribution in [0.15, 0.2) is 24.3 Å². The van der Waals surface area contributed by atoms with E-state index in [-0.39, 0.29) is 5.91 Å². The molecule has 4 N–H and O–H groups in total. The summed E-state index contributed by atoms with van der Waals surface area (Å²) in [7, 11) is 0. The van der Waals surface area contributed by atoms with Crippen molar-refractivity contribution in [2.45, 2.75) is 20.4 Å². The number of hydrazine groups is 1. The molecular weight excluding hydrogens is 294 g/mol. The summed E-state index contributed by atoms with van der Waals surface area (Å²) in [5.41, 5.74) is 4.72. The lowest BCUT2D eigenvalue weighted by Gasteiger charge is -2.09. The molecule has 0 bridgehead atoms. The molecule has 0 fully saturated rings. The minimum absolute atomic E-state index is 0.204. The van der Waals surface area contributed by atoms with Crippen molar-refractivity contribution in [2.24, 2.45) is 5.84 Å². The molecule has 0 aliphatic rings. The Kier molecular flexibility index (Phi) is 4.65. The summed E-state index contributed by atoms with van der Waals surface area (Å²) in [6.07, 6.45) is 0. The number of carbonyl (C=O) groups excluding carboxylic acids is 1. The molecule has 4 nitrogen and oxygen atoms in total. The maximum atomic E-state index is 12.2. The number of carbonyl (C=O) groups is 1. The summed E-state index contributed by atoms with van der Waals surface area (Å²) in [5, 5.41) is 3.37. The van der Waals surface area contributed by atoms with Crippen molar-refractivity contribution >= 4 is 34.5 Å². The van der Waals surface area contributed by atoms with Gasteiger partial charge < -0.3 is 10.7 Å². The molecular formula is C14H16ClN3OS. The first kappa shape index (κ1) is 14.8. The molecule has 0 spiro atoms. The number of aryl methyl sites for hydroxylation is 2. The van der Waals surface area contributed by atoms with E-state index in [0.29, 0.717) is 22.8 Å². The van der Waals surface area contributed by atoms with Crippen LogP contribution in [0.5, 0.6) is 0 Å². The van der Waals surface area contributed by atoms with Crippen LogP contribution in [-0.4, -0.2) is 5.91 Å². The zero-order chi connectivity index (χ0) is 14.7. The number of rotatable bonds is 4. The van der Waals surface area contributed by atoms with Crippen molar-refractivity contribution in [1.82, 2.24) is 5.32 Å². The van der Waals surface area contributed by atoms with Crippen molar-refractivity contribution < 1.29 is 4.79 Å². The topological polar surface area (TPSA) is 67.2 Å². The number of benzene rings is 1.